The van der Waals surface area contributed by atoms with E-state index < -0.39 is 0 Å². The molecule has 0 radical (unpaired) electrons. The predicted octanol–water partition coefficient (Wildman–Crippen LogP) is 1.61. The van der Waals surface area contributed by atoms with E-state index in [1.807, 2.05) is 18.2 Å². The van der Waals surface area contributed by atoms with E-state index in [0.717, 1.165) is 13.0 Å². The summed E-state index contributed by atoms with van der Waals surface area (Å²) >= 11 is 0. The Balaban J connectivity index is 2.07. The molecule has 2 heteroatoms. The molecule has 1 aromatic carbocycles. The molecule has 1 aromatic rings. The van der Waals surface area contributed by atoms with Crippen molar-refractivity contribution in [2.75, 3.05) is 6.54 Å². The van der Waals surface area contributed by atoms with Gasteiger partial charge in [0.15, 0.2) is 0 Å². The molecular formula is C12H15NO. The van der Waals surface area contributed by atoms with Crippen molar-refractivity contribution in [1.82, 2.24) is 5.32 Å². The van der Waals surface area contributed by atoms with E-state index in [1.165, 1.54) is 5.56 Å². The summed E-state index contributed by atoms with van der Waals surface area (Å²) in [6, 6.07) is 10.2. The van der Waals surface area contributed by atoms with Crippen LogP contribution in [0.15, 0.2) is 30.3 Å². The number of carbonyl (C=O) groups is 1. The van der Waals surface area contributed by atoms with Crippen LogP contribution in [0.1, 0.15) is 12.5 Å². The molecule has 1 N–H and O–H groups in total. The molecule has 74 valence electrons. The van der Waals surface area contributed by atoms with Crippen LogP contribution in [0.5, 0.6) is 0 Å². The highest BCUT2D eigenvalue weighted by Gasteiger charge is 2.30. The summed E-state index contributed by atoms with van der Waals surface area (Å²) < 4.78 is 0. The quantitative estimate of drug-likeness (QED) is 0.752. The van der Waals surface area contributed by atoms with E-state index in [-0.39, 0.29) is 11.8 Å². The normalized spacial score (nSPS) is 26.2. The Kier molecular flexibility index (Phi) is 2.53. The molecule has 1 aliphatic rings. The van der Waals surface area contributed by atoms with Gasteiger partial charge in [-0.3, -0.25) is 4.79 Å². The molecule has 1 saturated heterocycles. The fourth-order valence-electron chi connectivity index (χ4n) is 1.96. The summed E-state index contributed by atoms with van der Waals surface area (Å²) in [4.78, 5) is 11.5. The van der Waals surface area contributed by atoms with Crippen molar-refractivity contribution < 1.29 is 4.79 Å². The van der Waals surface area contributed by atoms with Gasteiger partial charge in [0.05, 0.1) is 0 Å². The zero-order valence-electron chi connectivity index (χ0n) is 8.36. The third kappa shape index (κ3) is 1.79. The van der Waals surface area contributed by atoms with Gasteiger partial charge in [-0.1, -0.05) is 37.3 Å². The number of amides is 1. The Hall–Kier alpha value is -1.31. The summed E-state index contributed by atoms with van der Waals surface area (Å²) in [6.45, 7) is 2.96. The molecule has 0 aliphatic carbocycles. The van der Waals surface area contributed by atoms with Gasteiger partial charge in [-0.15, -0.1) is 0 Å². The van der Waals surface area contributed by atoms with Crippen molar-refractivity contribution in [3.8, 4) is 0 Å². The monoisotopic (exact) mass is 189 g/mol. The number of benzene rings is 1. The molecule has 0 aromatic heterocycles. The first kappa shape index (κ1) is 9.25. The number of rotatable bonds is 2. The molecule has 14 heavy (non-hydrogen) atoms. The van der Waals surface area contributed by atoms with Gasteiger partial charge in [0.25, 0.3) is 0 Å². The molecule has 0 bridgehead atoms. The van der Waals surface area contributed by atoms with E-state index in [9.17, 15) is 4.79 Å². The van der Waals surface area contributed by atoms with E-state index in [1.54, 1.807) is 0 Å². The third-order valence-corrected chi connectivity index (χ3v) is 2.92. The van der Waals surface area contributed by atoms with Crippen molar-refractivity contribution >= 4 is 5.91 Å². The highest BCUT2D eigenvalue weighted by atomic mass is 16.2. The molecule has 1 aliphatic heterocycles. The average molecular weight is 189 g/mol. The van der Waals surface area contributed by atoms with Crippen molar-refractivity contribution in [2.45, 2.75) is 13.3 Å². The lowest BCUT2D eigenvalue weighted by molar-refractivity contribution is -0.122. The molecule has 2 rings (SSSR count). The van der Waals surface area contributed by atoms with Crippen LogP contribution in [0.4, 0.5) is 0 Å². The molecule has 2 nitrogen and oxygen atoms in total. The van der Waals surface area contributed by atoms with Crippen LogP contribution < -0.4 is 5.32 Å². The molecule has 1 amide bonds. The Bertz CT molecular complexity index is 320. The van der Waals surface area contributed by atoms with Gasteiger partial charge >= 0.3 is 0 Å². The number of carbonyl (C=O) groups excluding carboxylic acids is 1. The van der Waals surface area contributed by atoms with Crippen LogP contribution in [0.2, 0.25) is 0 Å². The third-order valence-electron chi connectivity index (χ3n) is 2.92. The molecular weight excluding hydrogens is 174 g/mol. The van der Waals surface area contributed by atoms with Crippen LogP contribution in [-0.2, 0) is 11.2 Å². The predicted molar refractivity (Wildman–Crippen MR) is 55.8 cm³/mol. The highest BCUT2D eigenvalue weighted by molar-refractivity contribution is 5.81. The summed E-state index contributed by atoms with van der Waals surface area (Å²) in [5.41, 5.74) is 1.25. The van der Waals surface area contributed by atoms with Crippen molar-refractivity contribution in [3.63, 3.8) is 0 Å². The standard InChI is InChI=1S/C12H15NO/c1-9-8-13-12(14)11(9)7-10-5-3-2-4-6-10/h2-6,9,11H,7-8H2,1H3,(H,13,14)/t9?,11-/m1/s1. The van der Waals surface area contributed by atoms with Gasteiger partial charge in [0.1, 0.15) is 0 Å². The van der Waals surface area contributed by atoms with Crippen LogP contribution in [0.25, 0.3) is 0 Å². The second-order valence-corrected chi connectivity index (χ2v) is 4.02. The zero-order valence-corrected chi connectivity index (χ0v) is 8.36. The maximum Gasteiger partial charge on any atom is 0.223 e. The Morgan fingerprint density at radius 1 is 1.36 bits per heavy atom. The molecule has 1 unspecified atom stereocenters. The summed E-state index contributed by atoms with van der Waals surface area (Å²) in [5, 5.41) is 2.90. The zero-order chi connectivity index (χ0) is 9.97. The van der Waals surface area contributed by atoms with E-state index in [0.29, 0.717) is 5.92 Å². The van der Waals surface area contributed by atoms with Crippen molar-refractivity contribution in [1.29, 1.82) is 0 Å². The van der Waals surface area contributed by atoms with E-state index in [4.69, 9.17) is 0 Å². The fraction of sp³-hybridized carbons (Fsp3) is 0.417. The smallest absolute Gasteiger partial charge is 0.223 e. The van der Waals surface area contributed by atoms with Crippen molar-refractivity contribution in [2.24, 2.45) is 11.8 Å². The first-order valence-corrected chi connectivity index (χ1v) is 5.09. The first-order valence-electron chi connectivity index (χ1n) is 5.09. The summed E-state index contributed by atoms with van der Waals surface area (Å²) in [5.74, 6) is 0.835. The molecule has 0 saturated carbocycles. The van der Waals surface area contributed by atoms with Gasteiger partial charge in [-0.25, -0.2) is 0 Å². The minimum absolute atomic E-state index is 0.164. The molecule has 1 heterocycles. The average Bonchev–Trinajstić information content (AvgIpc) is 2.51. The lowest BCUT2D eigenvalue weighted by Crippen LogP contribution is -2.21. The molecule has 0 spiro atoms. The maximum atomic E-state index is 11.5. The topological polar surface area (TPSA) is 29.1 Å². The SMILES string of the molecule is CC1CNC(=O)[C@@H]1Cc1ccccc1. The Labute approximate surface area is 84.3 Å². The fourth-order valence-corrected chi connectivity index (χ4v) is 1.96. The van der Waals surface area contributed by atoms with Crippen LogP contribution in [-0.4, -0.2) is 12.5 Å². The Morgan fingerprint density at radius 2 is 2.07 bits per heavy atom. The Morgan fingerprint density at radius 3 is 2.64 bits per heavy atom. The van der Waals surface area contributed by atoms with Crippen LogP contribution in [0.3, 0.4) is 0 Å². The lowest BCUT2D eigenvalue weighted by atomic mass is 9.91. The van der Waals surface area contributed by atoms with Gasteiger partial charge < -0.3 is 5.32 Å². The van der Waals surface area contributed by atoms with Gasteiger partial charge in [0.2, 0.25) is 5.91 Å². The maximum absolute atomic E-state index is 11.5. The minimum atomic E-state index is 0.164. The lowest BCUT2D eigenvalue weighted by Gasteiger charge is -2.11. The second-order valence-electron chi connectivity index (χ2n) is 4.02. The minimum Gasteiger partial charge on any atom is -0.356 e. The van der Waals surface area contributed by atoms with Crippen LogP contribution >= 0.6 is 0 Å². The molecule has 1 fully saturated rings. The summed E-state index contributed by atoms with van der Waals surface area (Å²) in [6.07, 6.45) is 0.869. The first-order chi connectivity index (χ1) is 6.77. The number of hydrogen-bond donors (Lipinski definition) is 1. The van der Waals surface area contributed by atoms with Crippen LogP contribution in [0, 0.1) is 11.8 Å². The highest BCUT2D eigenvalue weighted by Crippen LogP contribution is 2.21. The summed E-state index contributed by atoms with van der Waals surface area (Å²) in [7, 11) is 0. The second kappa shape index (κ2) is 3.82. The van der Waals surface area contributed by atoms with Gasteiger partial charge in [-0.2, -0.15) is 0 Å². The van der Waals surface area contributed by atoms with Crippen molar-refractivity contribution in [3.05, 3.63) is 35.9 Å². The molecule has 2 atom stereocenters. The van der Waals surface area contributed by atoms with Gasteiger partial charge in [-0.05, 0) is 17.9 Å². The van der Waals surface area contributed by atoms with Gasteiger partial charge in [0, 0.05) is 12.5 Å². The largest absolute Gasteiger partial charge is 0.356 e. The number of hydrogen-bond acceptors (Lipinski definition) is 1. The van der Waals surface area contributed by atoms with E-state index >= 15 is 0 Å². The van der Waals surface area contributed by atoms with E-state index in [2.05, 4.69) is 24.4 Å². The number of nitrogens with one attached hydrogen (secondary N) is 1.